The lowest BCUT2D eigenvalue weighted by Gasteiger charge is -2.19. The van der Waals surface area contributed by atoms with Gasteiger partial charge in [-0.15, -0.1) is 10.2 Å². The van der Waals surface area contributed by atoms with Crippen LogP contribution in [0, 0.1) is 5.92 Å². The minimum absolute atomic E-state index is 0.0311. The van der Waals surface area contributed by atoms with Crippen molar-refractivity contribution in [1.29, 1.82) is 0 Å². The summed E-state index contributed by atoms with van der Waals surface area (Å²) in [6.45, 7) is 4.89. The molecule has 2 heterocycles. The summed E-state index contributed by atoms with van der Waals surface area (Å²) in [6, 6.07) is 7.57. The summed E-state index contributed by atoms with van der Waals surface area (Å²) in [7, 11) is 0. The van der Waals surface area contributed by atoms with Crippen LogP contribution in [0.15, 0.2) is 34.2 Å². The van der Waals surface area contributed by atoms with E-state index in [1.54, 1.807) is 4.57 Å². The number of rotatable bonds is 5. The third-order valence-corrected chi connectivity index (χ3v) is 6.41. The molecule has 142 valence electrons. The molecule has 3 aromatic rings. The Bertz CT molecular complexity index is 1050. The second-order valence-corrected chi connectivity index (χ2v) is 8.76. The quantitative estimate of drug-likeness (QED) is 0.671. The van der Waals surface area contributed by atoms with Crippen LogP contribution >= 0.6 is 11.8 Å². The number of carbonyl (C=O) groups is 1. The number of hydrogen-bond donors (Lipinski definition) is 0. The van der Waals surface area contributed by atoms with E-state index in [0.717, 1.165) is 31.2 Å². The van der Waals surface area contributed by atoms with E-state index >= 15 is 0 Å². The summed E-state index contributed by atoms with van der Waals surface area (Å²) in [5.41, 5.74) is 0.769. The highest BCUT2D eigenvalue weighted by Crippen LogP contribution is 2.31. The fraction of sp³-hybridized carbons (Fsp3) is 0.500. The van der Waals surface area contributed by atoms with Crippen LogP contribution in [-0.4, -0.2) is 30.2 Å². The van der Waals surface area contributed by atoms with Crippen molar-refractivity contribution in [1.82, 2.24) is 19.2 Å². The molecule has 2 aromatic heterocycles. The minimum atomic E-state index is -0.0686. The predicted molar refractivity (Wildman–Crippen MR) is 107 cm³/mol. The Kier molecular flexibility index (Phi) is 5.04. The Morgan fingerprint density at radius 1 is 1.19 bits per heavy atom. The van der Waals surface area contributed by atoms with Gasteiger partial charge in [-0.05, 0) is 37.3 Å². The molecule has 7 heteroatoms. The highest BCUT2D eigenvalue weighted by Gasteiger charge is 2.26. The molecule has 0 radical (unpaired) electrons. The average Bonchev–Trinajstić information content (AvgIpc) is 3.07. The number of aromatic nitrogens is 4. The largest absolute Gasteiger partial charge is 0.298 e. The first-order chi connectivity index (χ1) is 13.1. The van der Waals surface area contributed by atoms with Gasteiger partial charge in [-0.1, -0.05) is 44.2 Å². The number of para-hydroxylation sites is 1. The van der Waals surface area contributed by atoms with Gasteiger partial charge in [-0.25, -0.2) is 0 Å². The van der Waals surface area contributed by atoms with Gasteiger partial charge in [0.25, 0.3) is 5.56 Å². The molecule has 0 amide bonds. The van der Waals surface area contributed by atoms with Crippen molar-refractivity contribution >= 4 is 34.2 Å². The lowest BCUT2D eigenvalue weighted by Crippen LogP contribution is -2.24. The van der Waals surface area contributed by atoms with Crippen molar-refractivity contribution in [2.75, 3.05) is 0 Å². The van der Waals surface area contributed by atoms with Gasteiger partial charge in [-0.3, -0.25) is 18.6 Å². The summed E-state index contributed by atoms with van der Waals surface area (Å²) in [4.78, 5) is 25.3. The lowest BCUT2D eigenvalue weighted by atomic mass is 9.99. The third-order valence-electron chi connectivity index (χ3n) is 5.15. The second-order valence-electron chi connectivity index (χ2n) is 7.59. The zero-order valence-electron chi connectivity index (χ0n) is 15.7. The maximum absolute atomic E-state index is 13.0. The number of fused-ring (bicyclic) bond motifs is 3. The Morgan fingerprint density at radius 2 is 2.00 bits per heavy atom. The number of nitrogens with zero attached hydrogens (tertiary/aromatic N) is 4. The standard InChI is InChI=1S/C20H24N4O2S/c1-13(2)11-12-23-18(26)14-7-3-4-8-15(14)24-19(23)21-22-20(24)27-17-10-6-5-9-16(17)25/h3-4,7-8,13,17H,5-6,9-12H2,1-2H3/t17-/m0/s1. The number of Topliss-reactive ketones (excluding diaryl/α,β-unsaturated/α-hetero) is 1. The van der Waals surface area contributed by atoms with Crippen molar-refractivity contribution in [2.24, 2.45) is 5.92 Å². The van der Waals surface area contributed by atoms with Crippen LogP contribution in [-0.2, 0) is 11.3 Å². The summed E-state index contributed by atoms with van der Waals surface area (Å²) in [5.74, 6) is 1.34. The van der Waals surface area contributed by atoms with Crippen molar-refractivity contribution in [2.45, 2.75) is 62.9 Å². The zero-order valence-corrected chi connectivity index (χ0v) is 16.5. The average molecular weight is 385 g/mol. The van der Waals surface area contributed by atoms with Crippen molar-refractivity contribution in [3.8, 4) is 0 Å². The zero-order chi connectivity index (χ0) is 19.0. The molecule has 1 fully saturated rings. The van der Waals surface area contributed by atoms with Crippen LogP contribution in [0.4, 0.5) is 0 Å². The predicted octanol–water partition coefficient (Wildman–Crippen LogP) is 3.69. The van der Waals surface area contributed by atoms with Gasteiger partial charge in [0, 0.05) is 13.0 Å². The van der Waals surface area contributed by atoms with E-state index in [9.17, 15) is 9.59 Å². The van der Waals surface area contributed by atoms with Crippen LogP contribution in [0.3, 0.4) is 0 Å². The van der Waals surface area contributed by atoms with E-state index in [1.165, 1.54) is 11.8 Å². The van der Waals surface area contributed by atoms with Gasteiger partial charge in [0.15, 0.2) is 5.16 Å². The van der Waals surface area contributed by atoms with E-state index in [-0.39, 0.29) is 10.8 Å². The fourth-order valence-corrected chi connectivity index (χ4v) is 4.76. The van der Waals surface area contributed by atoms with Crippen LogP contribution in [0.25, 0.3) is 16.7 Å². The van der Waals surface area contributed by atoms with Crippen LogP contribution in [0.1, 0.15) is 46.0 Å². The first-order valence-corrected chi connectivity index (χ1v) is 10.5. The maximum atomic E-state index is 13.0. The Morgan fingerprint density at radius 3 is 2.78 bits per heavy atom. The molecule has 0 aliphatic heterocycles. The van der Waals surface area contributed by atoms with Gasteiger partial charge < -0.3 is 0 Å². The molecule has 0 bridgehead atoms. The molecule has 1 atom stereocenters. The van der Waals surface area contributed by atoms with E-state index in [4.69, 9.17) is 0 Å². The number of aryl methyl sites for hydroxylation is 1. The molecular weight excluding hydrogens is 360 g/mol. The highest BCUT2D eigenvalue weighted by atomic mass is 32.2. The van der Waals surface area contributed by atoms with Gasteiger partial charge in [0.1, 0.15) is 5.78 Å². The summed E-state index contributed by atoms with van der Waals surface area (Å²) >= 11 is 1.49. The van der Waals surface area contributed by atoms with E-state index in [1.807, 2.05) is 28.7 Å². The number of benzene rings is 1. The molecular formula is C20H24N4O2S. The SMILES string of the molecule is CC(C)CCn1c(=O)c2ccccc2n2c(S[C@H]3CCCCC3=O)nnc12. The molecule has 0 N–H and O–H groups in total. The third kappa shape index (κ3) is 3.40. The molecule has 6 nitrogen and oxygen atoms in total. The lowest BCUT2D eigenvalue weighted by molar-refractivity contribution is -0.119. The number of hydrogen-bond acceptors (Lipinski definition) is 5. The number of thioether (sulfide) groups is 1. The maximum Gasteiger partial charge on any atom is 0.262 e. The van der Waals surface area contributed by atoms with Crippen LogP contribution < -0.4 is 5.56 Å². The van der Waals surface area contributed by atoms with E-state index in [0.29, 0.717) is 41.0 Å². The van der Waals surface area contributed by atoms with Gasteiger partial charge in [-0.2, -0.15) is 0 Å². The Hall–Kier alpha value is -2.15. The fourth-order valence-electron chi connectivity index (χ4n) is 3.60. The molecule has 0 saturated heterocycles. The van der Waals surface area contributed by atoms with Crippen molar-refractivity contribution in [3.05, 3.63) is 34.6 Å². The van der Waals surface area contributed by atoms with E-state index in [2.05, 4.69) is 24.0 Å². The van der Waals surface area contributed by atoms with Gasteiger partial charge in [0.05, 0.1) is 16.2 Å². The molecule has 0 unspecified atom stereocenters. The molecule has 1 saturated carbocycles. The molecule has 1 aliphatic carbocycles. The number of ketones is 1. The second kappa shape index (κ2) is 7.46. The topological polar surface area (TPSA) is 69.3 Å². The number of carbonyl (C=O) groups excluding carboxylic acids is 1. The molecule has 0 spiro atoms. The first-order valence-electron chi connectivity index (χ1n) is 9.62. The van der Waals surface area contributed by atoms with Gasteiger partial charge in [0.2, 0.25) is 5.78 Å². The molecule has 27 heavy (non-hydrogen) atoms. The van der Waals surface area contributed by atoms with Crippen molar-refractivity contribution in [3.63, 3.8) is 0 Å². The first kappa shape index (κ1) is 18.2. The molecule has 4 rings (SSSR count). The molecule has 1 aromatic carbocycles. The molecule has 1 aliphatic rings. The van der Waals surface area contributed by atoms with Crippen LogP contribution in [0.5, 0.6) is 0 Å². The Balaban J connectivity index is 1.87. The van der Waals surface area contributed by atoms with Crippen LogP contribution in [0.2, 0.25) is 0 Å². The highest BCUT2D eigenvalue weighted by molar-refractivity contribution is 8.00. The smallest absolute Gasteiger partial charge is 0.262 e. The Labute approximate surface area is 162 Å². The minimum Gasteiger partial charge on any atom is -0.298 e. The normalized spacial score (nSPS) is 18.0. The summed E-state index contributed by atoms with van der Waals surface area (Å²) < 4.78 is 3.67. The van der Waals surface area contributed by atoms with Crippen molar-refractivity contribution < 1.29 is 4.79 Å². The monoisotopic (exact) mass is 384 g/mol. The van der Waals surface area contributed by atoms with Gasteiger partial charge >= 0.3 is 0 Å². The summed E-state index contributed by atoms with van der Waals surface area (Å²) in [5, 5.41) is 9.99. The van der Waals surface area contributed by atoms with E-state index < -0.39 is 0 Å². The summed E-state index contributed by atoms with van der Waals surface area (Å²) in [6.07, 6.45) is 4.47.